The molecule has 3 rings (SSSR count). The minimum atomic E-state index is -0.132. The molecule has 0 amide bonds. The second-order valence-electron chi connectivity index (χ2n) is 4.13. The number of H-pyrrole nitrogens is 1. The van der Waals surface area contributed by atoms with Gasteiger partial charge in [-0.2, -0.15) is 5.10 Å². The van der Waals surface area contributed by atoms with Crippen LogP contribution in [0.4, 0.5) is 5.95 Å². The Morgan fingerprint density at radius 2 is 2.16 bits per heavy atom. The Morgan fingerprint density at radius 3 is 3.00 bits per heavy atom. The maximum atomic E-state index is 11.8. The van der Waals surface area contributed by atoms with Gasteiger partial charge in [0.1, 0.15) is 0 Å². The van der Waals surface area contributed by atoms with E-state index in [9.17, 15) is 4.79 Å². The fourth-order valence-corrected chi connectivity index (χ4v) is 1.89. The quantitative estimate of drug-likeness (QED) is 0.735. The molecule has 6 nitrogen and oxygen atoms in total. The Labute approximate surface area is 109 Å². The van der Waals surface area contributed by atoms with E-state index in [2.05, 4.69) is 20.4 Å². The Kier molecular flexibility index (Phi) is 2.97. The molecule has 0 bridgehead atoms. The third-order valence-electron chi connectivity index (χ3n) is 2.81. The molecule has 3 aromatic rings. The number of aromatic amines is 1. The average molecular weight is 255 g/mol. The van der Waals surface area contributed by atoms with Gasteiger partial charge in [-0.3, -0.25) is 14.5 Å². The zero-order valence-electron chi connectivity index (χ0n) is 10.2. The summed E-state index contributed by atoms with van der Waals surface area (Å²) < 4.78 is 1.81. The van der Waals surface area contributed by atoms with Crippen molar-refractivity contribution in [2.24, 2.45) is 0 Å². The predicted octanol–water partition coefficient (Wildman–Crippen LogP) is 1.23. The smallest absolute Gasteiger partial charge is 0.260 e. The standard InChI is InChI=1S/C13H13N5O/c19-12-10-4-1-2-5-11(10)16-13(17-12)14-7-9-18-8-3-6-15-18/h1-6,8H,7,9H2,(H2,14,16,17,19). The minimum Gasteiger partial charge on any atom is -0.354 e. The number of nitrogens with zero attached hydrogens (tertiary/aromatic N) is 3. The lowest BCUT2D eigenvalue weighted by Gasteiger charge is -2.06. The van der Waals surface area contributed by atoms with Gasteiger partial charge in [0, 0.05) is 18.9 Å². The summed E-state index contributed by atoms with van der Waals surface area (Å²) in [5.41, 5.74) is 0.556. The number of hydrogen-bond donors (Lipinski definition) is 2. The van der Waals surface area contributed by atoms with Crippen LogP contribution in [0, 0.1) is 0 Å². The molecule has 0 atom stereocenters. The van der Waals surface area contributed by atoms with Gasteiger partial charge < -0.3 is 5.32 Å². The molecular formula is C13H13N5O. The van der Waals surface area contributed by atoms with Gasteiger partial charge in [-0.15, -0.1) is 0 Å². The second-order valence-corrected chi connectivity index (χ2v) is 4.13. The van der Waals surface area contributed by atoms with Crippen molar-refractivity contribution in [3.63, 3.8) is 0 Å². The maximum absolute atomic E-state index is 11.8. The molecule has 0 unspecified atom stereocenters. The first-order valence-corrected chi connectivity index (χ1v) is 6.03. The van der Waals surface area contributed by atoms with E-state index in [-0.39, 0.29) is 5.56 Å². The molecule has 0 aliphatic carbocycles. The summed E-state index contributed by atoms with van der Waals surface area (Å²) in [5, 5.41) is 7.78. The molecule has 0 fully saturated rings. The molecule has 0 aliphatic rings. The van der Waals surface area contributed by atoms with Gasteiger partial charge in [0.25, 0.3) is 5.56 Å². The second kappa shape index (κ2) is 4.93. The molecule has 1 aromatic carbocycles. The van der Waals surface area contributed by atoms with Gasteiger partial charge in [0.15, 0.2) is 0 Å². The van der Waals surface area contributed by atoms with Crippen molar-refractivity contribution in [2.75, 3.05) is 11.9 Å². The Morgan fingerprint density at radius 1 is 1.26 bits per heavy atom. The first-order valence-electron chi connectivity index (χ1n) is 6.03. The third-order valence-corrected chi connectivity index (χ3v) is 2.81. The van der Waals surface area contributed by atoms with Crippen LogP contribution in [-0.2, 0) is 6.54 Å². The lowest BCUT2D eigenvalue weighted by molar-refractivity contribution is 0.636. The number of fused-ring (bicyclic) bond motifs is 1. The summed E-state index contributed by atoms with van der Waals surface area (Å²) in [4.78, 5) is 18.9. The first-order chi connectivity index (χ1) is 9.33. The Bertz CT molecular complexity index is 732. The monoisotopic (exact) mass is 255 g/mol. The lowest BCUT2D eigenvalue weighted by atomic mass is 10.2. The molecule has 2 aromatic heterocycles. The summed E-state index contributed by atoms with van der Waals surface area (Å²) >= 11 is 0. The maximum Gasteiger partial charge on any atom is 0.260 e. The van der Waals surface area contributed by atoms with Crippen LogP contribution in [0.2, 0.25) is 0 Å². The molecule has 2 heterocycles. The molecule has 19 heavy (non-hydrogen) atoms. The fourth-order valence-electron chi connectivity index (χ4n) is 1.89. The molecule has 0 radical (unpaired) electrons. The van der Waals surface area contributed by atoms with Crippen molar-refractivity contribution in [3.8, 4) is 0 Å². The van der Waals surface area contributed by atoms with E-state index in [4.69, 9.17) is 0 Å². The van der Waals surface area contributed by atoms with Crippen molar-refractivity contribution in [2.45, 2.75) is 6.54 Å². The highest BCUT2D eigenvalue weighted by Crippen LogP contribution is 2.07. The number of benzene rings is 1. The van der Waals surface area contributed by atoms with Crippen molar-refractivity contribution in [1.82, 2.24) is 19.7 Å². The molecule has 0 spiro atoms. The van der Waals surface area contributed by atoms with E-state index in [0.29, 0.717) is 29.9 Å². The normalized spacial score (nSPS) is 10.7. The van der Waals surface area contributed by atoms with E-state index in [1.165, 1.54) is 0 Å². The number of para-hydroxylation sites is 1. The van der Waals surface area contributed by atoms with Gasteiger partial charge in [-0.1, -0.05) is 12.1 Å². The summed E-state index contributed by atoms with van der Waals surface area (Å²) in [6, 6.07) is 9.14. The number of aromatic nitrogens is 4. The summed E-state index contributed by atoms with van der Waals surface area (Å²) in [6.45, 7) is 1.35. The van der Waals surface area contributed by atoms with Crippen LogP contribution in [-0.4, -0.2) is 26.3 Å². The van der Waals surface area contributed by atoms with E-state index >= 15 is 0 Å². The highest BCUT2D eigenvalue weighted by atomic mass is 16.1. The highest BCUT2D eigenvalue weighted by Gasteiger charge is 2.02. The highest BCUT2D eigenvalue weighted by molar-refractivity contribution is 5.78. The molecule has 2 N–H and O–H groups in total. The van der Waals surface area contributed by atoms with Crippen molar-refractivity contribution in [1.29, 1.82) is 0 Å². The van der Waals surface area contributed by atoms with E-state index < -0.39 is 0 Å². The van der Waals surface area contributed by atoms with Crippen molar-refractivity contribution in [3.05, 3.63) is 53.1 Å². The van der Waals surface area contributed by atoms with E-state index in [0.717, 1.165) is 0 Å². The zero-order valence-corrected chi connectivity index (χ0v) is 10.2. The van der Waals surface area contributed by atoms with Gasteiger partial charge >= 0.3 is 0 Å². The SMILES string of the molecule is O=c1[nH]c(NCCn2cccn2)nc2ccccc12. The average Bonchev–Trinajstić information content (AvgIpc) is 2.92. The van der Waals surface area contributed by atoms with Crippen LogP contribution in [0.5, 0.6) is 0 Å². The zero-order chi connectivity index (χ0) is 13.1. The fraction of sp³-hybridized carbons (Fsp3) is 0.154. The van der Waals surface area contributed by atoms with Gasteiger partial charge in [0.2, 0.25) is 5.95 Å². The molecule has 0 saturated heterocycles. The summed E-state index contributed by atoms with van der Waals surface area (Å²) in [5.74, 6) is 0.482. The van der Waals surface area contributed by atoms with Crippen LogP contribution in [0.15, 0.2) is 47.5 Å². The number of rotatable bonds is 4. The largest absolute Gasteiger partial charge is 0.354 e. The Balaban J connectivity index is 1.76. The number of anilines is 1. The molecule has 0 saturated carbocycles. The molecule has 6 heteroatoms. The number of nitrogens with one attached hydrogen (secondary N) is 2. The minimum absolute atomic E-state index is 0.132. The molecule has 0 aliphatic heterocycles. The van der Waals surface area contributed by atoms with Gasteiger partial charge in [-0.25, -0.2) is 4.98 Å². The van der Waals surface area contributed by atoms with Gasteiger partial charge in [0.05, 0.1) is 17.4 Å². The third kappa shape index (κ3) is 2.47. The van der Waals surface area contributed by atoms with E-state index in [1.807, 2.05) is 35.1 Å². The van der Waals surface area contributed by atoms with Crippen LogP contribution >= 0.6 is 0 Å². The topological polar surface area (TPSA) is 75.6 Å². The predicted molar refractivity (Wildman–Crippen MR) is 73.1 cm³/mol. The first kappa shape index (κ1) is 11.5. The number of hydrogen-bond acceptors (Lipinski definition) is 4. The van der Waals surface area contributed by atoms with Crippen LogP contribution in [0.1, 0.15) is 0 Å². The van der Waals surface area contributed by atoms with Crippen molar-refractivity contribution >= 4 is 16.9 Å². The van der Waals surface area contributed by atoms with Crippen molar-refractivity contribution < 1.29 is 0 Å². The molecule has 96 valence electrons. The lowest BCUT2D eigenvalue weighted by Crippen LogP contribution is -2.16. The Hall–Kier alpha value is -2.63. The van der Waals surface area contributed by atoms with Gasteiger partial charge in [-0.05, 0) is 18.2 Å². The molecular weight excluding hydrogens is 242 g/mol. The summed E-state index contributed by atoms with van der Waals surface area (Å²) in [7, 11) is 0. The van der Waals surface area contributed by atoms with E-state index in [1.54, 1.807) is 12.3 Å². The summed E-state index contributed by atoms with van der Waals surface area (Å²) in [6.07, 6.45) is 3.62. The van der Waals surface area contributed by atoms with Crippen LogP contribution < -0.4 is 10.9 Å². The van der Waals surface area contributed by atoms with Crippen LogP contribution in [0.25, 0.3) is 10.9 Å². The van der Waals surface area contributed by atoms with Crippen LogP contribution in [0.3, 0.4) is 0 Å².